The van der Waals surface area contributed by atoms with Crippen LogP contribution in [0.4, 0.5) is 0 Å². The van der Waals surface area contributed by atoms with E-state index in [0.29, 0.717) is 5.71 Å². The maximum Gasteiger partial charge on any atom is 0.245 e. The predicted octanol–water partition coefficient (Wildman–Crippen LogP) is 2.71. The highest BCUT2D eigenvalue weighted by molar-refractivity contribution is 6.14. The summed E-state index contributed by atoms with van der Waals surface area (Å²) in [6, 6.07) is 18.3. The molecule has 0 fully saturated rings. The first-order valence-corrected chi connectivity index (χ1v) is 8.27. The number of benzene rings is 3. The van der Waals surface area contributed by atoms with Crippen molar-refractivity contribution in [1.82, 2.24) is 10.9 Å². The second-order valence-corrected chi connectivity index (χ2v) is 6.09. The summed E-state index contributed by atoms with van der Waals surface area (Å²) < 4.78 is 0. The average molecular weight is 344 g/mol. The van der Waals surface area contributed by atoms with E-state index in [0.717, 1.165) is 27.1 Å². The van der Waals surface area contributed by atoms with E-state index in [9.17, 15) is 9.59 Å². The Kier molecular flexibility index (Phi) is 4.15. The van der Waals surface area contributed by atoms with Gasteiger partial charge in [-0.15, -0.1) is 0 Å². The maximum absolute atomic E-state index is 12.0. The number of amides is 2. The Morgan fingerprint density at radius 3 is 2.38 bits per heavy atom. The zero-order valence-corrected chi connectivity index (χ0v) is 13.9. The Bertz CT molecular complexity index is 1030. The number of carbonyl (C=O) groups excluding carboxylic acids is 2. The minimum Gasteiger partial charge on any atom is -0.273 e. The maximum atomic E-state index is 12.0. The van der Waals surface area contributed by atoms with Crippen molar-refractivity contribution in [1.29, 1.82) is 0 Å². The third kappa shape index (κ3) is 3.17. The zero-order chi connectivity index (χ0) is 17.9. The number of carbonyl (C=O) groups is 2. The number of hydrogen-bond donors (Lipinski definition) is 2. The molecule has 1 heterocycles. The molecule has 0 unspecified atom stereocenters. The van der Waals surface area contributed by atoms with Crippen LogP contribution in [0, 0.1) is 0 Å². The van der Waals surface area contributed by atoms with Crippen LogP contribution in [-0.2, 0) is 9.59 Å². The molecule has 0 spiro atoms. The van der Waals surface area contributed by atoms with Crippen molar-refractivity contribution < 1.29 is 9.59 Å². The predicted molar refractivity (Wildman–Crippen MR) is 102 cm³/mol. The van der Waals surface area contributed by atoms with Crippen LogP contribution in [0.5, 0.6) is 0 Å². The Morgan fingerprint density at radius 1 is 1.12 bits per heavy atom. The topological polar surface area (TPSA) is 82.9 Å². The van der Waals surface area contributed by atoms with Crippen molar-refractivity contribution >= 4 is 45.3 Å². The Morgan fingerprint density at radius 2 is 1.77 bits per heavy atom. The molecule has 0 aromatic heterocycles. The van der Waals surface area contributed by atoms with Crippen LogP contribution in [0.15, 0.2) is 64.8 Å². The molecule has 4 rings (SSSR count). The van der Waals surface area contributed by atoms with Gasteiger partial charge in [0.2, 0.25) is 11.8 Å². The molecule has 0 radical (unpaired) electrons. The van der Waals surface area contributed by atoms with Gasteiger partial charge in [0.15, 0.2) is 0 Å². The van der Waals surface area contributed by atoms with E-state index < -0.39 is 0 Å². The summed E-state index contributed by atoms with van der Waals surface area (Å²) in [6.07, 6.45) is 1.87. The van der Waals surface area contributed by atoms with Crippen molar-refractivity contribution in [2.75, 3.05) is 0 Å². The third-order valence-electron chi connectivity index (χ3n) is 4.26. The second-order valence-electron chi connectivity index (χ2n) is 6.09. The van der Waals surface area contributed by atoms with Gasteiger partial charge in [-0.05, 0) is 27.6 Å². The van der Waals surface area contributed by atoms with Crippen molar-refractivity contribution in [2.24, 2.45) is 10.2 Å². The molecule has 3 aromatic carbocycles. The first kappa shape index (κ1) is 16.0. The molecule has 0 saturated carbocycles. The zero-order valence-electron chi connectivity index (χ0n) is 13.9. The van der Waals surface area contributed by atoms with Crippen molar-refractivity contribution in [3.8, 4) is 0 Å². The normalized spacial score (nSPS) is 14.0. The second kappa shape index (κ2) is 6.76. The number of fused-ring (bicyclic) bond motifs is 2. The Labute approximate surface area is 149 Å². The largest absolute Gasteiger partial charge is 0.273 e. The van der Waals surface area contributed by atoms with Crippen LogP contribution in [-0.4, -0.2) is 23.7 Å². The molecular weight excluding hydrogens is 328 g/mol. The summed E-state index contributed by atoms with van der Waals surface area (Å²) in [4.78, 5) is 23.1. The fraction of sp³-hybridized carbons (Fsp3) is 0.100. The summed E-state index contributed by atoms with van der Waals surface area (Å²) >= 11 is 0. The van der Waals surface area contributed by atoms with Crippen LogP contribution in [0.25, 0.3) is 21.5 Å². The standard InChI is InChI=1S/C20H16N4O2/c25-19(10-15-11-20(26)24-22-15)23-21-12-18-16-7-3-1-5-13(16)9-14-6-2-4-8-17(14)18/h1-9,12H,10-11H2,(H,23,25)(H,24,26)/b21-12-. The van der Waals surface area contributed by atoms with E-state index in [1.807, 2.05) is 36.4 Å². The molecule has 128 valence electrons. The van der Waals surface area contributed by atoms with Gasteiger partial charge in [0.1, 0.15) is 0 Å². The number of rotatable bonds is 4. The number of nitrogens with one attached hydrogen (secondary N) is 2. The summed E-state index contributed by atoms with van der Waals surface area (Å²) in [6.45, 7) is 0. The van der Waals surface area contributed by atoms with Gasteiger partial charge in [-0.3, -0.25) is 9.59 Å². The monoisotopic (exact) mass is 344 g/mol. The van der Waals surface area contributed by atoms with Crippen LogP contribution >= 0.6 is 0 Å². The highest BCUT2D eigenvalue weighted by Gasteiger charge is 2.17. The van der Waals surface area contributed by atoms with E-state index in [-0.39, 0.29) is 24.7 Å². The lowest BCUT2D eigenvalue weighted by Crippen LogP contribution is -2.20. The van der Waals surface area contributed by atoms with Crippen LogP contribution < -0.4 is 10.9 Å². The number of nitrogens with zero attached hydrogens (tertiary/aromatic N) is 2. The van der Waals surface area contributed by atoms with Gasteiger partial charge in [0.05, 0.1) is 24.8 Å². The average Bonchev–Trinajstić information content (AvgIpc) is 3.05. The highest BCUT2D eigenvalue weighted by Crippen LogP contribution is 2.27. The van der Waals surface area contributed by atoms with Gasteiger partial charge in [0, 0.05) is 5.56 Å². The molecule has 6 heteroatoms. The van der Waals surface area contributed by atoms with E-state index in [2.05, 4.69) is 39.3 Å². The smallest absolute Gasteiger partial charge is 0.245 e. The Hall–Kier alpha value is -3.54. The first-order valence-electron chi connectivity index (χ1n) is 8.27. The summed E-state index contributed by atoms with van der Waals surface area (Å²) in [5.41, 5.74) is 6.31. The van der Waals surface area contributed by atoms with Crippen LogP contribution in [0.3, 0.4) is 0 Å². The number of hydrazone groups is 2. The third-order valence-corrected chi connectivity index (χ3v) is 4.26. The van der Waals surface area contributed by atoms with E-state index in [4.69, 9.17) is 0 Å². The lowest BCUT2D eigenvalue weighted by Gasteiger charge is -2.07. The van der Waals surface area contributed by atoms with Crippen molar-refractivity contribution in [3.05, 3.63) is 60.2 Å². The minimum atomic E-state index is -0.305. The van der Waals surface area contributed by atoms with Crippen LogP contribution in [0.2, 0.25) is 0 Å². The van der Waals surface area contributed by atoms with Gasteiger partial charge >= 0.3 is 0 Å². The molecule has 26 heavy (non-hydrogen) atoms. The fourth-order valence-corrected chi connectivity index (χ4v) is 3.09. The highest BCUT2D eigenvalue weighted by atomic mass is 16.2. The summed E-state index contributed by atoms with van der Waals surface area (Å²) in [7, 11) is 0. The SMILES string of the molecule is O=C1CC(CC(=O)N/N=C\c2c3ccccc3cc3ccccc23)=NN1. The van der Waals surface area contributed by atoms with E-state index in [1.165, 1.54) is 0 Å². The lowest BCUT2D eigenvalue weighted by atomic mass is 9.97. The lowest BCUT2D eigenvalue weighted by molar-refractivity contribution is -0.119. The number of hydrogen-bond acceptors (Lipinski definition) is 4. The van der Waals surface area contributed by atoms with Gasteiger partial charge in [-0.1, -0.05) is 48.5 Å². The molecule has 0 saturated heterocycles. The molecule has 0 aliphatic carbocycles. The van der Waals surface area contributed by atoms with Crippen molar-refractivity contribution in [2.45, 2.75) is 12.8 Å². The van der Waals surface area contributed by atoms with Crippen molar-refractivity contribution in [3.63, 3.8) is 0 Å². The molecular formula is C20H16N4O2. The van der Waals surface area contributed by atoms with E-state index in [1.54, 1.807) is 6.21 Å². The van der Waals surface area contributed by atoms with Crippen LogP contribution in [0.1, 0.15) is 18.4 Å². The molecule has 2 N–H and O–H groups in total. The molecule has 1 aliphatic heterocycles. The molecule has 0 bridgehead atoms. The van der Waals surface area contributed by atoms with Gasteiger partial charge in [0.25, 0.3) is 0 Å². The quantitative estimate of drug-likeness (QED) is 0.433. The van der Waals surface area contributed by atoms with Gasteiger partial charge < -0.3 is 0 Å². The molecule has 2 amide bonds. The molecule has 6 nitrogen and oxygen atoms in total. The fourth-order valence-electron chi connectivity index (χ4n) is 3.09. The molecule has 1 aliphatic rings. The molecule has 3 aromatic rings. The van der Waals surface area contributed by atoms with E-state index >= 15 is 0 Å². The Balaban J connectivity index is 1.60. The summed E-state index contributed by atoms with van der Waals surface area (Å²) in [5.74, 6) is -0.500. The first-order chi connectivity index (χ1) is 12.7. The minimum absolute atomic E-state index is 0.0480. The van der Waals surface area contributed by atoms with Gasteiger partial charge in [-0.25, -0.2) is 10.9 Å². The summed E-state index contributed by atoms with van der Waals surface area (Å²) in [5, 5.41) is 12.3. The molecule has 0 atom stereocenters. The van der Waals surface area contributed by atoms with Gasteiger partial charge in [-0.2, -0.15) is 10.2 Å².